The Bertz CT molecular complexity index is 805. The maximum absolute atomic E-state index is 12.6. The van der Waals surface area contributed by atoms with Gasteiger partial charge in [0.1, 0.15) is 0 Å². The van der Waals surface area contributed by atoms with Crippen LogP contribution in [0.25, 0.3) is 0 Å². The number of anilines is 2. The average Bonchev–Trinajstić information content (AvgIpc) is 2.61. The fourth-order valence-corrected chi connectivity index (χ4v) is 3.52. The third-order valence-corrected chi connectivity index (χ3v) is 5.25. The van der Waals surface area contributed by atoms with Gasteiger partial charge in [0.2, 0.25) is 5.91 Å². The summed E-state index contributed by atoms with van der Waals surface area (Å²) in [5.41, 5.74) is 6.23. The number of rotatable bonds is 4. The highest BCUT2D eigenvalue weighted by Gasteiger charge is 2.24. The molecular formula is C19H21N3O2S. The summed E-state index contributed by atoms with van der Waals surface area (Å²) in [6, 6.07) is 13.4. The van der Waals surface area contributed by atoms with Crippen molar-refractivity contribution in [2.45, 2.75) is 30.9 Å². The van der Waals surface area contributed by atoms with Crippen LogP contribution in [0.2, 0.25) is 0 Å². The lowest BCUT2D eigenvalue weighted by atomic mass is 10.2. The maximum Gasteiger partial charge on any atom is 0.269 e. The van der Waals surface area contributed by atoms with Gasteiger partial charge >= 0.3 is 0 Å². The number of nitrogens with one attached hydrogen (secondary N) is 2. The summed E-state index contributed by atoms with van der Waals surface area (Å²) in [4.78, 5) is 25.4. The van der Waals surface area contributed by atoms with E-state index in [0.29, 0.717) is 17.8 Å². The Hall–Kier alpha value is -2.47. The minimum Gasteiger partial charge on any atom is -0.324 e. The van der Waals surface area contributed by atoms with Crippen molar-refractivity contribution in [3.63, 3.8) is 0 Å². The molecule has 2 N–H and O–H groups in total. The number of nitrogens with zero attached hydrogens (tertiary/aromatic N) is 1. The molecule has 25 heavy (non-hydrogen) atoms. The molecule has 1 aliphatic heterocycles. The number of hydrogen-bond donors (Lipinski definition) is 2. The SMILES string of the molecule is CCN(NC(=O)c1ccc2c(c1)NC(=O)[C@@H](C)S2)c1ccc(C)cc1. The van der Waals surface area contributed by atoms with E-state index < -0.39 is 0 Å². The molecule has 2 aromatic carbocycles. The summed E-state index contributed by atoms with van der Waals surface area (Å²) < 4.78 is 0. The first kappa shape index (κ1) is 17.4. The van der Waals surface area contributed by atoms with E-state index in [1.54, 1.807) is 17.1 Å². The predicted octanol–water partition coefficient (Wildman–Crippen LogP) is 3.60. The molecule has 2 aromatic rings. The van der Waals surface area contributed by atoms with E-state index in [1.165, 1.54) is 17.3 Å². The second-order valence-corrected chi connectivity index (χ2v) is 7.36. The Labute approximate surface area is 151 Å². The smallest absolute Gasteiger partial charge is 0.269 e. The first-order valence-corrected chi connectivity index (χ1v) is 9.12. The molecule has 3 rings (SSSR count). The van der Waals surface area contributed by atoms with Crippen molar-refractivity contribution in [1.82, 2.24) is 5.43 Å². The molecule has 0 aliphatic carbocycles. The molecule has 130 valence electrons. The highest BCUT2D eigenvalue weighted by Crippen LogP contribution is 2.35. The topological polar surface area (TPSA) is 61.4 Å². The second kappa shape index (κ2) is 7.19. The number of carbonyl (C=O) groups excluding carboxylic acids is 2. The molecule has 1 atom stereocenters. The largest absolute Gasteiger partial charge is 0.324 e. The van der Waals surface area contributed by atoms with E-state index in [9.17, 15) is 9.59 Å². The summed E-state index contributed by atoms with van der Waals surface area (Å²) >= 11 is 1.50. The van der Waals surface area contributed by atoms with Crippen LogP contribution in [0.15, 0.2) is 47.4 Å². The lowest BCUT2D eigenvalue weighted by Gasteiger charge is -2.25. The molecule has 0 unspecified atom stereocenters. The molecule has 0 saturated heterocycles. The standard InChI is InChI=1S/C19H21N3O2S/c1-4-22(15-8-5-12(2)6-9-15)21-19(24)14-7-10-17-16(11-14)20-18(23)13(3)25-17/h5-11,13H,4H2,1-3H3,(H,20,23)(H,21,24)/t13-/m1/s1. The minimum atomic E-state index is -0.205. The Morgan fingerprint density at radius 3 is 2.64 bits per heavy atom. The first-order chi connectivity index (χ1) is 12.0. The van der Waals surface area contributed by atoms with Crippen LogP contribution in [-0.2, 0) is 4.79 Å². The lowest BCUT2D eigenvalue weighted by molar-refractivity contribution is -0.115. The van der Waals surface area contributed by atoms with E-state index in [4.69, 9.17) is 0 Å². The molecule has 0 aromatic heterocycles. The van der Waals surface area contributed by atoms with Crippen LogP contribution in [0, 0.1) is 6.92 Å². The summed E-state index contributed by atoms with van der Waals surface area (Å²) in [7, 11) is 0. The van der Waals surface area contributed by atoms with E-state index in [0.717, 1.165) is 10.6 Å². The van der Waals surface area contributed by atoms with E-state index in [-0.39, 0.29) is 17.1 Å². The van der Waals surface area contributed by atoms with Crippen LogP contribution in [0.3, 0.4) is 0 Å². The number of fused-ring (bicyclic) bond motifs is 1. The van der Waals surface area contributed by atoms with Gasteiger partial charge in [0.05, 0.1) is 16.6 Å². The summed E-state index contributed by atoms with van der Waals surface area (Å²) in [6.45, 7) is 6.51. The number of hydrogen-bond acceptors (Lipinski definition) is 4. The quantitative estimate of drug-likeness (QED) is 0.823. The molecule has 5 nitrogen and oxygen atoms in total. The third-order valence-electron chi connectivity index (χ3n) is 4.07. The van der Waals surface area contributed by atoms with Gasteiger partial charge in [-0.05, 0) is 51.1 Å². The van der Waals surface area contributed by atoms with Gasteiger partial charge in [0, 0.05) is 17.0 Å². The number of aryl methyl sites for hydroxylation is 1. The van der Waals surface area contributed by atoms with Gasteiger partial charge in [0.25, 0.3) is 5.91 Å². The molecule has 1 heterocycles. The minimum absolute atomic E-state index is 0.0371. The Balaban J connectivity index is 1.77. The van der Waals surface area contributed by atoms with Crippen LogP contribution in [0.4, 0.5) is 11.4 Å². The highest BCUT2D eigenvalue weighted by molar-refractivity contribution is 8.00. The second-order valence-electron chi connectivity index (χ2n) is 5.98. The molecule has 0 fully saturated rings. The van der Waals surface area contributed by atoms with Gasteiger partial charge in [-0.25, -0.2) is 0 Å². The fraction of sp³-hybridized carbons (Fsp3) is 0.263. The van der Waals surface area contributed by atoms with Crippen molar-refractivity contribution in [2.24, 2.45) is 0 Å². The number of carbonyl (C=O) groups is 2. The summed E-state index contributed by atoms with van der Waals surface area (Å²) in [6.07, 6.45) is 0. The molecular weight excluding hydrogens is 334 g/mol. The number of amides is 2. The summed E-state index contributed by atoms with van der Waals surface area (Å²) in [5.74, 6) is -0.243. The van der Waals surface area contributed by atoms with Gasteiger partial charge in [-0.2, -0.15) is 0 Å². The van der Waals surface area contributed by atoms with Crippen molar-refractivity contribution >= 4 is 35.0 Å². The van der Waals surface area contributed by atoms with Gasteiger partial charge in [0.15, 0.2) is 0 Å². The Morgan fingerprint density at radius 2 is 1.96 bits per heavy atom. The maximum atomic E-state index is 12.6. The third kappa shape index (κ3) is 3.79. The van der Waals surface area contributed by atoms with E-state index in [1.807, 2.05) is 51.1 Å². The molecule has 0 radical (unpaired) electrons. The van der Waals surface area contributed by atoms with Gasteiger partial charge in [-0.3, -0.25) is 20.0 Å². The van der Waals surface area contributed by atoms with Gasteiger partial charge in [-0.15, -0.1) is 11.8 Å². The van der Waals surface area contributed by atoms with Gasteiger partial charge in [-0.1, -0.05) is 17.7 Å². The fourth-order valence-electron chi connectivity index (χ4n) is 2.59. The zero-order valence-electron chi connectivity index (χ0n) is 14.5. The van der Waals surface area contributed by atoms with Crippen LogP contribution in [0.5, 0.6) is 0 Å². The Kier molecular flexibility index (Phi) is 4.99. The predicted molar refractivity (Wildman–Crippen MR) is 102 cm³/mol. The van der Waals surface area contributed by atoms with E-state index >= 15 is 0 Å². The van der Waals surface area contributed by atoms with E-state index in [2.05, 4.69) is 10.7 Å². The van der Waals surface area contributed by atoms with Gasteiger partial charge < -0.3 is 5.32 Å². The molecule has 0 spiro atoms. The molecule has 0 saturated carbocycles. The number of thioether (sulfide) groups is 1. The first-order valence-electron chi connectivity index (χ1n) is 8.24. The normalized spacial score (nSPS) is 16.0. The van der Waals surface area contributed by atoms with Crippen molar-refractivity contribution in [1.29, 1.82) is 0 Å². The molecule has 6 heteroatoms. The van der Waals surface area contributed by atoms with Crippen LogP contribution < -0.4 is 15.8 Å². The monoisotopic (exact) mass is 355 g/mol. The zero-order chi connectivity index (χ0) is 18.0. The van der Waals surface area contributed by atoms with Crippen molar-refractivity contribution in [3.8, 4) is 0 Å². The van der Waals surface area contributed by atoms with Crippen LogP contribution in [-0.4, -0.2) is 23.6 Å². The number of hydrazine groups is 1. The molecule has 1 aliphatic rings. The zero-order valence-corrected chi connectivity index (χ0v) is 15.3. The Morgan fingerprint density at radius 1 is 1.24 bits per heavy atom. The van der Waals surface area contributed by atoms with Crippen molar-refractivity contribution in [2.75, 3.05) is 16.9 Å². The van der Waals surface area contributed by atoms with Crippen molar-refractivity contribution < 1.29 is 9.59 Å². The highest BCUT2D eigenvalue weighted by atomic mass is 32.2. The van der Waals surface area contributed by atoms with Crippen LogP contribution >= 0.6 is 11.8 Å². The lowest BCUT2D eigenvalue weighted by Crippen LogP contribution is -2.42. The molecule has 2 amide bonds. The molecule has 0 bridgehead atoms. The van der Waals surface area contributed by atoms with Crippen LogP contribution in [0.1, 0.15) is 29.8 Å². The number of benzene rings is 2. The average molecular weight is 355 g/mol. The van der Waals surface area contributed by atoms with Crippen molar-refractivity contribution in [3.05, 3.63) is 53.6 Å². The summed E-state index contributed by atoms with van der Waals surface area (Å²) in [5, 5.41) is 4.54.